The fraction of sp³-hybridized carbons (Fsp3) is 0.700. The van der Waals surface area contributed by atoms with E-state index in [-0.39, 0.29) is 11.4 Å². The number of carbonyl (C=O) groups excluding carboxylic acids is 1. The van der Waals surface area contributed by atoms with Gasteiger partial charge in [0, 0.05) is 0 Å². The van der Waals surface area contributed by atoms with Crippen molar-refractivity contribution in [1.29, 1.82) is 0 Å². The van der Waals surface area contributed by atoms with Gasteiger partial charge in [-0.25, -0.2) is 0 Å². The summed E-state index contributed by atoms with van der Waals surface area (Å²) >= 11 is 0. The summed E-state index contributed by atoms with van der Waals surface area (Å²) in [5.74, 6) is -0.201. The number of carbonyl (C=O) groups is 1. The van der Waals surface area contributed by atoms with Crippen molar-refractivity contribution < 1.29 is 9.53 Å². The summed E-state index contributed by atoms with van der Waals surface area (Å²) in [4.78, 5) is 11.4. The van der Waals surface area contributed by atoms with Crippen molar-refractivity contribution >= 4 is 5.97 Å². The first-order valence-electron chi connectivity index (χ1n) is 4.01. The monoisotopic (exact) mass is 170 g/mol. The first-order valence-corrected chi connectivity index (χ1v) is 4.01. The SMILES string of the molecule is C=CC(C)(C)C(C)(C)C(=O)OC. The molecule has 0 aliphatic heterocycles. The lowest BCUT2D eigenvalue weighted by molar-refractivity contribution is -0.155. The summed E-state index contributed by atoms with van der Waals surface area (Å²) in [7, 11) is 1.41. The third-order valence-corrected chi connectivity index (χ3v) is 2.82. The zero-order valence-corrected chi connectivity index (χ0v) is 8.60. The Morgan fingerprint density at radius 1 is 1.33 bits per heavy atom. The molecule has 0 amide bonds. The van der Waals surface area contributed by atoms with Crippen molar-refractivity contribution in [2.75, 3.05) is 7.11 Å². The van der Waals surface area contributed by atoms with E-state index in [4.69, 9.17) is 4.74 Å². The number of hydrogen-bond donors (Lipinski definition) is 0. The number of esters is 1. The predicted octanol–water partition coefficient (Wildman–Crippen LogP) is 2.40. The lowest BCUT2D eigenvalue weighted by Gasteiger charge is -2.36. The number of ether oxygens (including phenoxy) is 1. The van der Waals surface area contributed by atoms with Gasteiger partial charge in [-0.3, -0.25) is 4.79 Å². The molecule has 70 valence electrons. The quantitative estimate of drug-likeness (QED) is 0.480. The lowest BCUT2D eigenvalue weighted by atomic mass is 9.68. The molecule has 0 atom stereocenters. The van der Waals surface area contributed by atoms with Crippen molar-refractivity contribution in [3.8, 4) is 0 Å². The summed E-state index contributed by atoms with van der Waals surface area (Å²) in [6.45, 7) is 11.4. The molecule has 0 aliphatic carbocycles. The highest BCUT2D eigenvalue weighted by Crippen LogP contribution is 2.40. The molecule has 0 bridgehead atoms. The Kier molecular flexibility index (Phi) is 3.08. The molecule has 0 N–H and O–H groups in total. The first-order chi connectivity index (χ1) is 5.29. The van der Waals surface area contributed by atoms with Crippen molar-refractivity contribution in [2.45, 2.75) is 27.7 Å². The van der Waals surface area contributed by atoms with Crippen LogP contribution in [0, 0.1) is 10.8 Å². The molecular formula is C10H18O2. The van der Waals surface area contributed by atoms with Crippen molar-refractivity contribution in [2.24, 2.45) is 10.8 Å². The van der Waals surface area contributed by atoms with E-state index in [1.54, 1.807) is 6.08 Å². The van der Waals surface area contributed by atoms with Gasteiger partial charge in [-0.1, -0.05) is 19.9 Å². The minimum Gasteiger partial charge on any atom is -0.469 e. The molecule has 0 aromatic rings. The van der Waals surface area contributed by atoms with Crippen LogP contribution in [0.1, 0.15) is 27.7 Å². The summed E-state index contributed by atoms with van der Waals surface area (Å²) in [5, 5.41) is 0. The molecule has 0 radical (unpaired) electrons. The van der Waals surface area contributed by atoms with Gasteiger partial charge in [0.1, 0.15) is 0 Å². The Bertz CT molecular complexity index is 190. The standard InChI is InChI=1S/C10H18O2/c1-7-9(2,3)10(4,5)8(11)12-6/h7H,1H2,2-6H3. The third kappa shape index (κ3) is 1.68. The van der Waals surface area contributed by atoms with Gasteiger partial charge in [0.15, 0.2) is 0 Å². The second-order valence-corrected chi connectivity index (χ2v) is 4.04. The fourth-order valence-electron chi connectivity index (χ4n) is 0.773. The molecule has 0 unspecified atom stereocenters. The maximum atomic E-state index is 11.4. The van der Waals surface area contributed by atoms with Gasteiger partial charge in [-0.05, 0) is 19.3 Å². The van der Waals surface area contributed by atoms with Crippen LogP contribution in [-0.4, -0.2) is 13.1 Å². The minimum absolute atomic E-state index is 0.201. The summed E-state index contributed by atoms with van der Waals surface area (Å²) < 4.78 is 4.72. The van der Waals surface area contributed by atoms with E-state index < -0.39 is 5.41 Å². The molecular weight excluding hydrogens is 152 g/mol. The van der Waals surface area contributed by atoms with Crippen LogP contribution >= 0.6 is 0 Å². The molecule has 12 heavy (non-hydrogen) atoms. The molecule has 0 saturated heterocycles. The second-order valence-electron chi connectivity index (χ2n) is 4.04. The maximum absolute atomic E-state index is 11.4. The van der Waals surface area contributed by atoms with E-state index in [0.29, 0.717) is 0 Å². The Labute approximate surface area is 74.6 Å². The third-order valence-electron chi connectivity index (χ3n) is 2.82. The molecule has 0 aromatic heterocycles. The van der Waals surface area contributed by atoms with Crippen LogP contribution in [0.2, 0.25) is 0 Å². The maximum Gasteiger partial charge on any atom is 0.312 e. The van der Waals surface area contributed by atoms with Crippen LogP contribution in [0.5, 0.6) is 0 Å². The minimum atomic E-state index is -0.524. The lowest BCUT2D eigenvalue weighted by Crippen LogP contribution is -2.39. The smallest absolute Gasteiger partial charge is 0.312 e. The van der Waals surface area contributed by atoms with Gasteiger partial charge in [-0.2, -0.15) is 0 Å². The van der Waals surface area contributed by atoms with Gasteiger partial charge >= 0.3 is 5.97 Å². The normalized spacial score (nSPS) is 12.4. The first kappa shape index (κ1) is 11.2. The van der Waals surface area contributed by atoms with E-state index in [9.17, 15) is 4.79 Å². The van der Waals surface area contributed by atoms with Crippen molar-refractivity contribution in [3.63, 3.8) is 0 Å². The molecule has 0 saturated carbocycles. The molecule has 0 spiro atoms. The zero-order chi connectivity index (χ0) is 9.99. The van der Waals surface area contributed by atoms with Gasteiger partial charge in [0.05, 0.1) is 12.5 Å². The molecule has 0 aromatic carbocycles. The molecule has 2 heteroatoms. The van der Waals surface area contributed by atoms with E-state index in [1.165, 1.54) is 7.11 Å². The van der Waals surface area contributed by atoms with Crippen LogP contribution in [0.3, 0.4) is 0 Å². The fourth-order valence-corrected chi connectivity index (χ4v) is 0.773. The molecule has 0 fully saturated rings. The zero-order valence-electron chi connectivity index (χ0n) is 8.60. The van der Waals surface area contributed by atoms with Gasteiger partial charge < -0.3 is 4.74 Å². The Morgan fingerprint density at radius 2 is 1.75 bits per heavy atom. The highest BCUT2D eigenvalue weighted by atomic mass is 16.5. The summed E-state index contributed by atoms with van der Waals surface area (Å²) in [6, 6.07) is 0. The Balaban J connectivity index is 4.83. The average Bonchev–Trinajstić information content (AvgIpc) is 2.02. The number of hydrogen-bond acceptors (Lipinski definition) is 2. The van der Waals surface area contributed by atoms with Crippen molar-refractivity contribution in [1.82, 2.24) is 0 Å². The van der Waals surface area contributed by atoms with Crippen LogP contribution in [0.25, 0.3) is 0 Å². The van der Waals surface area contributed by atoms with Crippen molar-refractivity contribution in [3.05, 3.63) is 12.7 Å². The number of allylic oxidation sites excluding steroid dienone is 1. The molecule has 2 nitrogen and oxygen atoms in total. The molecule has 0 rings (SSSR count). The second kappa shape index (κ2) is 3.30. The molecule has 0 heterocycles. The van der Waals surface area contributed by atoms with Gasteiger partial charge in [-0.15, -0.1) is 6.58 Å². The van der Waals surface area contributed by atoms with Gasteiger partial charge in [0.25, 0.3) is 0 Å². The van der Waals surface area contributed by atoms with Crippen LogP contribution in [0.15, 0.2) is 12.7 Å². The summed E-state index contributed by atoms with van der Waals surface area (Å²) in [5.41, 5.74) is -0.774. The predicted molar refractivity (Wildman–Crippen MR) is 49.8 cm³/mol. The Hall–Kier alpha value is -0.790. The topological polar surface area (TPSA) is 26.3 Å². The van der Waals surface area contributed by atoms with E-state index >= 15 is 0 Å². The summed E-state index contributed by atoms with van der Waals surface area (Å²) in [6.07, 6.45) is 1.78. The number of methoxy groups -OCH3 is 1. The van der Waals surface area contributed by atoms with E-state index in [2.05, 4.69) is 6.58 Å². The van der Waals surface area contributed by atoms with Gasteiger partial charge in [0.2, 0.25) is 0 Å². The van der Waals surface area contributed by atoms with Crippen LogP contribution < -0.4 is 0 Å². The number of rotatable bonds is 3. The van der Waals surface area contributed by atoms with E-state index in [1.807, 2.05) is 27.7 Å². The van der Waals surface area contributed by atoms with E-state index in [0.717, 1.165) is 0 Å². The van der Waals surface area contributed by atoms with Crippen LogP contribution in [0.4, 0.5) is 0 Å². The van der Waals surface area contributed by atoms with Crippen LogP contribution in [-0.2, 0) is 9.53 Å². The average molecular weight is 170 g/mol. The highest BCUT2D eigenvalue weighted by molar-refractivity contribution is 5.77. The molecule has 0 aliphatic rings. The Morgan fingerprint density at radius 3 is 2.00 bits per heavy atom. The highest BCUT2D eigenvalue weighted by Gasteiger charge is 2.41. The largest absolute Gasteiger partial charge is 0.469 e.